The number of aromatic nitrogens is 4. The molecule has 6 heteroatoms. The molecule has 2 aromatic heterocycles. The Kier molecular flexibility index (Phi) is 2.09. The zero-order chi connectivity index (χ0) is 12.0. The fourth-order valence-electron chi connectivity index (χ4n) is 2.60. The molecule has 0 spiro atoms. The topological polar surface area (TPSA) is 106 Å². The Hall–Kier alpha value is -1.69. The van der Waals surface area contributed by atoms with Crippen molar-refractivity contribution < 1.29 is 0 Å². The second-order valence-electron chi connectivity index (χ2n) is 4.96. The summed E-state index contributed by atoms with van der Waals surface area (Å²) < 4.78 is 0. The zero-order valence-electron chi connectivity index (χ0n) is 9.77. The van der Waals surface area contributed by atoms with Crippen LogP contribution in [0.15, 0.2) is 6.33 Å². The van der Waals surface area contributed by atoms with E-state index in [1.54, 1.807) is 0 Å². The Balaban J connectivity index is 2.15. The van der Waals surface area contributed by atoms with Crippen molar-refractivity contribution in [3.05, 3.63) is 12.2 Å². The van der Waals surface area contributed by atoms with Crippen LogP contribution in [0.5, 0.6) is 0 Å². The molecule has 0 bridgehead atoms. The highest BCUT2D eigenvalue weighted by Crippen LogP contribution is 2.39. The van der Waals surface area contributed by atoms with Crippen LogP contribution < -0.4 is 11.5 Å². The third-order valence-electron chi connectivity index (χ3n) is 3.89. The van der Waals surface area contributed by atoms with E-state index in [-0.39, 0.29) is 11.5 Å². The van der Waals surface area contributed by atoms with Crippen LogP contribution >= 0.6 is 0 Å². The van der Waals surface area contributed by atoms with Crippen molar-refractivity contribution in [2.75, 3.05) is 5.73 Å². The molecule has 2 atom stereocenters. The highest BCUT2D eigenvalue weighted by Gasteiger charge is 2.40. The minimum Gasteiger partial charge on any atom is -0.382 e. The van der Waals surface area contributed by atoms with Crippen molar-refractivity contribution in [1.82, 2.24) is 19.9 Å². The van der Waals surface area contributed by atoms with E-state index in [0.717, 1.165) is 25.1 Å². The van der Waals surface area contributed by atoms with Crippen LogP contribution in [0.4, 0.5) is 5.82 Å². The smallest absolute Gasteiger partial charge is 0.183 e. The van der Waals surface area contributed by atoms with E-state index in [4.69, 9.17) is 11.5 Å². The first kappa shape index (κ1) is 10.5. The maximum absolute atomic E-state index is 6.18. The number of hydrogen-bond donors (Lipinski definition) is 3. The lowest BCUT2D eigenvalue weighted by molar-refractivity contribution is 0.409. The second kappa shape index (κ2) is 3.40. The molecule has 1 fully saturated rings. The molecule has 2 unspecified atom stereocenters. The fourth-order valence-corrected chi connectivity index (χ4v) is 2.60. The summed E-state index contributed by atoms with van der Waals surface area (Å²) in [6.45, 7) is 2.14. The van der Waals surface area contributed by atoms with Gasteiger partial charge < -0.3 is 16.5 Å². The second-order valence-corrected chi connectivity index (χ2v) is 4.96. The van der Waals surface area contributed by atoms with Gasteiger partial charge in [0.25, 0.3) is 0 Å². The lowest BCUT2D eigenvalue weighted by atomic mass is 9.84. The van der Waals surface area contributed by atoms with Crippen molar-refractivity contribution in [1.29, 1.82) is 0 Å². The van der Waals surface area contributed by atoms with Crippen LogP contribution in [-0.4, -0.2) is 26.0 Å². The van der Waals surface area contributed by atoms with Crippen LogP contribution in [0.25, 0.3) is 11.2 Å². The minimum atomic E-state index is -0.104. The Labute approximate surface area is 98.8 Å². The molecule has 17 heavy (non-hydrogen) atoms. The van der Waals surface area contributed by atoms with Crippen molar-refractivity contribution in [2.24, 2.45) is 5.73 Å². The number of nitrogens with two attached hydrogens (primary N) is 2. The number of nitrogens with zero attached hydrogens (tertiary/aromatic N) is 3. The number of aromatic amines is 1. The molecule has 0 amide bonds. The van der Waals surface area contributed by atoms with Gasteiger partial charge in [-0.15, -0.1) is 0 Å². The lowest BCUT2D eigenvalue weighted by Gasteiger charge is -2.26. The first-order valence-electron chi connectivity index (χ1n) is 5.83. The van der Waals surface area contributed by atoms with Crippen molar-refractivity contribution in [3.63, 3.8) is 0 Å². The quantitative estimate of drug-likeness (QED) is 0.671. The molecule has 0 aromatic carbocycles. The Morgan fingerprint density at radius 1 is 1.47 bits per heavy atom. The standard InChI is InChI=1S/C11H16N6/c1-11(4-2-3-6(11)12)10-16-7-8(13)14-5-15-9(7)17-10/h5-6H,2-4,12H2,1H3,(H3,13,14,15,16,17). The van der Waals surface area contributed by atoms with E-state index < -0.39 is 0 Å². The molecule has 2 aromatic rings. The number of rotatable bonds is 1. The number of anilines is 1. The number of nitrogen functional groups attached to an aromatic ring is 1. The third-order valence-corrected chi connectivity index (χ3v) is 3.89. The van der Waals surface area contributed by atoms with Gasteiger partial charge in [0.2, 0.25) is 0 Å². The molecule has 1 aliphatic carbocycles. The molecule has 0 aliphatic heterocycles. The van der Waals surface area contributed by atoms with Crippen LogP contribution in [0.3, 0.4) is 0 Å². The first-order valence-corrected chi connectivity index (χ1v) is 5.83. The summed E-state index contributed by atoms with van der Waals surface area (Å²) in [6.07, 6.45) is 4.64. The largest absolute Gasteiger partial charge is 0.382 e. The van der Waals surface area contributed by atoms with E-state index in [0.29, 0.717) is 17.0 Å². The van der Waals surface area contributed by atoms with Gasteiger partial charge >= 0.3 is 0 Å². The molecular weight excluding hydrogens is 216 g/mol. The minimum absolute atomic E-state index is 0.104. The van der Waals surface area contributed by atoms with Gasteiger partial charge in [0.1, 0.15) is 17.7 Å². The van der Waals surface area contributed by atoms with E-state index in [1.165, 1.54) is 6.33 Å². The number of imidazole rings is 1. The summed E-state index contributed by atoms with van der Waals surface area (Å²) >= 11 is 0. The molecule has 90 valence electrons. The molecule has 1 aliphatic rings. The number of hydrogen-bond acceptors (Lipinski definition) is 5. The Morgan fingerprint density at radius 2 is 2.29 bits per heavy atom. The van der Waals surface area contributed by atoms with Gasteiger partial charge in [-0.25, -0.2) is 15.0 Å². The number of fused-ring (bicyclic) bond motifs is 1. The van der Waals surface area contributed by atoms with Gasteiger partial charge in [-0.3, -0.25) is 0 Å². The van der Waals surface area contributed by atoms with Crippen LogP contribution in [0.1, 0.15) is 32.0 Å². The zero-order valence-corrected chi connectivity index (χ0v) is 9.77. The first-order chi connectivity index (χ1) is 8.11. The van der Waals surface area contributed by atoms with E-state index in [2.05, 4.69) is 26.9 Å². The molecular formula is C11H16N6. The van der Waals surface area contributed by atoms with Crippen molar-refractivity contribution >= 4 is 17.0 Å². The highest BCUT2D eigenvalue weighted by molar-refractivity contribution is 5.81. The van der Waals surface area contributed by atoms with Gasteiger partial charge in [-0.05, 0) is 12.8 Å². The molecule has 5 N–H and O–H groups in total. The van der Waals surface area contributed by atoms with E-state index >= 15 is 0 Å². The van der Waals surface area contributed by atoms with Crippen LogP contribution in [-0.2, 0) is 5.41 Å². The summed E-state index contributed by atoms with van der Waals surface area (Å²) in [5, 5.41) is 0. The van der Waals surface area contributed by atoms with Crippen molar-refractivity contribution in [2.45, 2.75) is 37.6 Å². The van der Waals surface area contributed by atoms with Gasteiger partial charge in [0.15, 0.2) is 11.5 Å². The number of nitrogens with one attached hydrogen (secondary N) is 1. The highest BCUT2D eigenvalue weighted by atomic mass is 15.1. The average molecular weight is 232 g/mol. The fraction of sp³-hybridized carbons (Fsp3) is 0.545. The van der Waals surface area contributed by atoms with Gasteiger partial charge in [-0.2, -0.15) is 0 Å². The molecule has 2 heterocycles. The maximum atomic E-state index is 6.18. The van der Waals surface area contributed by atoms with Gasteiger partial charge in [0, 0.05) is 11.5 Å². The van der Waals surface area contributed by atoms with Crippen LogP contribution in [0, 0.1) is 0 Å². The third kappa shape index (κ3) is 1.40. The molecule has 1 saturated carbocycles. The summed E-state index contributed by atoms with van der Waals surface area (Å²) in [4.78, 5) is 15.8. The summed E-state index contributed by atoms with van der Waals surface area (Å²) in [6, 6.07) is 0.136. The van der Waals surface area contributed by atoms with E-state index in [9.17, 15) is 0 Å². The van der Waals surface area contributed by atoms with Gasteiger partial charge in [0.05, 0.1) is 0 Å². The molecule has 0 saturated heterocycles. The summed E-state index contributed by atoms with van der Waals surface area (Å²) in [7, 11) is 0. The summed E-state index contributed by atoms with van der Waals surface area (Å²) in [5.41, 5.74) is 13.2. The Morgan fingerprint density at radius 3 is 2.94 bits per heavy atom. The normalized spacial score (nSPS) is 28.9. The van der Waals surface area contributed by atoms with Crippen LogP contribution in [0.2, 0.25) is 0 Å². The molecule has 3 rings (SSSR count). The summed E-state index contributed by atoms with van der Waals surface area (Å²) in [5.74, 6) is 1.31. The monoisotopic (exact) mass is 232 g/mol. The lowest BCUT2D eigenvalue weighted by Crippen LogP contribution is -2.39. The predicted octanol–water partition coefficient (Wildman–Crippen LogP) is 0.704. The predicted molar refractivity (Wildman–Crippen MR) is 65.3 cm³/mol. The average Bonchev–Trinajstić information content (AvgIpc) is 2.86. The Bertz CT molecular complexity index is 562. The maximum Gasteiger partial charge on any atom is 0.183 e. The molecule has 6 nitrogen and oxygen atoms in total. The van der Waals surface area contributed by atoms with Crippen molar-refractivity contribution in [3.8, 4) is 0 Å². The van der Waals surface area contributed by atoms with E-state index in [1.807, 2.05) is 0 Å². The van der Waals surface area contributed by atoms with Gasteiger partial charge in [-0.1, -0.05) is 13.3 Å². The SMILES string of the molecule is CC1(c2nc3ncnc(N)c3[nH]2)CCCC1N. The number of H-pyrrole nitrogens is 1. The molecule has 0 radical (unpaired) electrons.